The second-order valence-corrected chi connectivity index (χ2v) is 13.8. The lowest BCUT2D eigenvalue weighted by Crippen LogP contribution is -2.22. The Morgan fingerprint density at radius 3 is 2.37 bits per heavy atom. The third-order valence-electron chi connectivity index (χ3n) is 4.08. The molecule has 1 aliphatic heterocycles. The Hall–Kier alpha value is -1.09. The molecule has 2 aromatic rings. The van der Waals surface area contributed by atoms with Gasteiger partial charge < -0.3 is 9.88 Å². The van der Waals surface area contributed by atoms with E-state index in [4.69, 9.17) is 11.6 Å². The minimum atomic E-state index is -4.47. The van der Waals surface area contributed by atoms with Crippen molar-refractivity contribution in [2.24, 2.45) is 4.99 Å². The summed E-state index contributed by atoms with van der Waals surface area (Å²) in [6, 6.07) is 12.1. The first-order valence-corrected chi connectivity index (χ1v) is 14.8. The number of hydrogen-bond acceptors (Lipinski definition) is 4. The molecule has 160 valence electrons. The number of rotatable bonds is 4. The summed E-state index contributed by atoms with van der Waals surface area (Å²) in [5.41, 5.74) is 0.778. The number of nitrogens with one attached hydrogen (secondary N) is 1. The Kier molecular flexibility index (Phi) is 7.22. The number of aryl methyl sites for hydroxylation is 1. The fourth-order valence-electron chi connectivity index (χ4n) is 2.50. The standard InChI is InChI=1S/C20H18ClF3IN2OPS/c1-12-10-13(21)4-9-17(12)30-18-16(20(22,23)24)11-25-19(27-18)26-14-5-7-15(8-6-14)29(2,3)28/h4-11H,1-3H3,(H,26,27). The van der Waals surface area contributed by atoms with Crippen molar-refractivity contribution in [3.8, 4) is 0 Å². The van der Waals surface area contributed by atoms with Crippen molar-refractivity contribution in [1.29, 1.82) is 0 Å². The molecular formula is C20H18ClF3IN2OPS. The summed E-state index contributed by atoms with van der Waals surface area (Å²) in [6.07, 6.45) is -4.47. The maximum atomic E-state index is 13.5. The topological polar surface area (TPSA) is 41.5 Å². The largest absolute Gasteiger partial charge is 0.419 e. The molecule has 0 amide bonds. The van der Waals surface area contributed by atoms with Gasteiger partial charge in [-0.2, -0.15) is 13.2 Å². The minimum absolute atomic E-state index is 0.0930. The lowest BCUT2D eigenvalue weighted by atomic mass is 10.2. The van der Waals surface area contributed by atoms with Gasteiger partial charge in [0.1, 0.15) is 12.2 Å². The van der Waals surface area contributed by atoms with Crippen LogP contribution in [0.4, 0.5) is 18.9 Å². The average Bonchev–Trinajstić information content (AvgIpc) is 2.63. The molecule has 0 bridgehead atoms. The number of anilines is 1. The van der Waals surface area contributed by atoms with E-state index in [0.717, 1.165) is 22.6 Å². The molecule has 1 heterocycles. The van der Waals surface area contributed by atoms with Crippen molar-refractivity contribution >= 4 is 71.0 Å². The molecule has 0 saturated heterocycles. The van der Waals surface area contributed by atoms with Crippen LogP contribution in [-0.2, 0) is 4.57 Å². The quantitative estimate of drug-likeness (QED) is 0.310. The first kappa shape index (κ1) is 23.6. The monoisotopic (exact) mass is 584 g/mol. The zero-order valence-corrected chi connectivity index (χ0v) is 20.8. The highest BCUT2D eigenvalue weighted by molar-refractivity contribution is 14.2. The van der Waals surface area contributed by atoms with E-state index in [0.29, 0.717) is 19.4 Å². The minimum Gasteiger partial charge on any atom is -0.335 e. The molecule has 0 atom stereocenters. The predicted octanol–water partition coefficient (Wildman–Crippen LogP) is 7.02. The van der Waals surface area contributed by atoms with Crippen molar-refractivity contribution in [2.75, 3.05) is 18.6 Å². The van der Waals surface area contributed by atoms with Gasteiger partial charge in [-0.3, -0.25) is 0 Å². The predicted molar refractivity (Wildman–Crippen MR) is 132 cm³/mol. The highest BCUT2D eigenvalue weighted by Gasteiger charge is 2.38. The number of halogens is 5. The van der Waals surface area contributed by atoms with Gasteiger partial charge >= 0.3 is 6.18 Å². The second kappa shape index (κ2) is 9.18. The Morgan fingerprint density at radius 2 is 1.80 bits per heavy atom. The molecule has 0 aromatic heterocycles. The van der Waals surface area contributed by atoms with Crippen LogP contribution in [0.15, 0.2) is 62.0 Å². The lowest BCUT2D eigenvalue weighted by Gasteiger charge is -2.18. The molecule has 0 aliphatic carbocycles. The Bertz CT molecular complexity index is 1110. The van der Waals surface area contributed by atoms with E-state index < -0.39 is 39.6 Å². The molecule has 0 radical (unpaired) electrons. The van der Waals surface area contributed by atoms with Gasteiger partial charge in [0, 0.05) is 20.9 Å². The smallest absolute Gasteiger partial charge is 0.335 e. The molecule has 0 saturated carbocycles. The van der Waals surface area contributed by atoms with Crippen LogP contribution >= 0.6 is 51.2 Å². The van der Waals surface area contributed by atoms with E-state index >= 15 is 0 Å². The van der Waals surface area contributed by atoms with E-state index in [1.165, 1.54) is 4.08 Å². The highest BCUT2D eigenvalue weighted by Crippen LogP contribution is 2.39. The fraction of sp³-hybridized carbons (Fsp3) is 0.200. The molecule has 2 aromatic carbocycles. The number of aliphatic imine (C=N–C) groups is 1. The van der Waals surface area contributed by atoms with Crippen molar-refractivity contribution in [1.82, 2.24) is 0 Å². The molecule has 3 nitrogen and oxygen atoms in total. The van der Waals surface area contributed by atoms with Crippen LogP contribution in [0, 0.1) is 6.92 Å². The highest BCUT2D eigenvalue weighted by atomic mass is 127. The van der Waals surface area contributed by atoms with Crippen LogP contribution in [0.2, 0.25) is 5.02 Å². The number of nitrogens with zero attached hydrogens (tertiary/aromatic N) is 1. The molecule has 1 N–H and O–H groups in total. The number of thioether (sulfide) groups is 1. The third kappa shape index (κ3) is 5.99. The molecule has 10 heteroatoms. The maximum absolute atomic E-state index is 13.5. The first-order valence-electron chi connectivity index (χ1n) is 8.67. The van der Waals surface area contributed by atoms with Crippen molar-refractivity contribution in [3.63, 3.8) is 0 Å². The van der Waals surface area contributed by atoms with E-state index in [2.05, 4.69) is 10.3 Å². The Balaban J connectivity index is 1.89. The zero-order chi connectivity index (χ0) is 22.1. The summed E-state index contributed by atoms with van der Waals surface area (Å²) in [5, 5.41) is 4.29. The molecule has 30 heavy (non-hydrogen) atoms. The van der Waals surface area contributed by atoms with Gasteiger partial charge in [-0.15, -0.1) is 0 Å². The van der Waals surface area contributed by atoms with Crippen LogP contribution in [0.5, 0.6) is 0 Å². The average molecular weight is 585 g/mol. The first-order chi connectivity index (χ1) is 13.9. The lowest BCUT2D eigenvalue weighted by molar-refractivity contribution is -0.0854. The number of hydrogen-bond donors (Lipinski definition) is 1. The van der Waals surface area contributed by atoms with Gasteiger partial charge in [0.2, 0.25) is 0 Å². The van der Waals surface area contributed by atoms with E-state index in [1.807, 2.05) is 0 Å². The van der Waals surface area contributed by atoms with E-state index in [9.17, 15) is 17.7 Å². The summed E-state index contributed by atoms with van der Waals surface area (Å²) >= 11 is 5.85. The third-order valence-corrected chi connectivity index (χ3v) is 9.08. The summed E-state index contributed by atoms with van der Waals surface area (Å²) in [6.45, 7) is 5.17. The van der Waals surface area contributed by atoms with Gasteiger partial charge in [-0.1, -0.05) is 23.4 Å². The molecular weight excluding hydrogens is 567 g/mol. The summed E-state index contributed by atoms with van der Waals surface area (Å²) in [7, 11) is -2.37. The van der Waals surface area contributed by atoms with Crippen LogP contribution in [0.3, 0.4) is 0 Å². The van der Waals surface area contributed by atoms with E-state index in [1.54, 1.807) is 62.7 Å². The van der Waals surface area contributed by atoms with Gasteiger partial charge in [0.05, 0.1) is 5.57 Å². The van der Waals surface area contributed by atoms with Crippen LogP contribution in [0.25, 0.3) is 0 Å². The molecule has 0 spiro atoms. The normalized spacial score (nSPS) is 15.0. The summed E-state index contributed by atoms with van der Waals surface area (Å²) < 4.78 is 54.6. The molecule has 0 unspecified atom stereocenters. The molecule has 3 rings (SSSR count). The summed E-state index contributed by atoms with van der Waals surface area (Å²) in [5.74, 6) is 0. The maximum Gasteiger partial charge on any atom is 0.419 e. The summed E-state index contributed by atoms with van der Waals surface area (Å²) in [4.78, 5) is 4.98. The molecule has 0 fully saturated rings. The van der Waals surface area contributed by atoms with Gasteiger partial charge in [-0.25, -0.2) is 4.99 Å². The van der Waals surface area contributed by atoms with Crippen molar-refractivity contribution in [3.05, 3.63) is 62.7 Å². The van der Waals surface area contributed by atoms with Gasteiger partial charge in [0.25, 0.3) is 0 Å². The Morgan fingerprint density at radius 1 is 1.13 bits per heavy atom. The van der Waals surface area contributed by atoms with Crippen molar-refractivity contribution in [2.45, 2.75) is 18.0 Å². The molecule has 1 aliphatic rings. The van der Waals surface area contributed by atoms with Gasteiger partial charge in [-0.05, 0) is 93.1 Å². The van der Waals surface area contributed by atoms with Crippen LogP contribution in [0.1, 0.15) is 5.56 Å². The Labute approximate surface area is 192 Å². The number of alkyl halides is 3. The fourth-order valence-corrected chi connectivity index (χ4v) is 7.05. The van der Waals surface area contributed by atoms with Crippen LogP contribution in [-0.4, -0.2) is 28.3 Å². The zero-order valence-electron chi connectivity index (χ0n) is 16.2. The van der Waals surface area contributed by atoms with Crippen LogP contribution < -0.4 is 10.6 Å². The van der Waals surface area contributed by atoms with Crippen molar-refractivity contribution < 1.29 is 17.7 Å². The second-order valence-electron chi connectivity index (χ2n) is 6.87. The van der Waals surface area contributed by atoms with E-state index in [-0.39, 0.29) is 5.04 Å². The van der Waals surface area contributed by atoms with Gasteiger partial charge in [0.15, 0.2) is 3.76 Å². The number of benzene rings is 2. The SMILES string of the molecule is Cc1cc(Cl)ccc1SC1=NC(Nc2ccc(P(C)(C)=O)cc2)=IC=C1C(F)(F)F.